The largest absolute Gasteiger partial charge is 0.436 e. The van der Waals surface area contributed by atoms with Crippen LogP contribution >= 0.6 is 22.6 Å². The van der Waals surface area contributed by atoms with E-state index in [0.717, 1.165) is 14.5 Å². The van der Waals surface area contributed by atoms with Crippen LogP contribution in [-0.2, 0) is 0 Å². The molecule has 0 atom stereocenters. The number of oxazole rings is 1. The molecule has 0 aliphatic rings. The van der Waals surface area contributed by atoms with Crippen LogP contribution in [-0.4, -0.2) is 10.9 Å². The first-order valence-corrected chi connectivity index (χ1v) is 12.2. The van der Waals surface area contributed by atoms with Gasteiger partial charge in [0.1, 0.15) is 11.1 Å². The molecule has 0 unspecified atom stereocenters. The third-order valence-corrected chi connectivity index (χ3v) is 6.47. The molecule has 174 valence electrons. The predicted octanol–water partition coefficient (Wildman–Crippen LogP) is 7.13. The van der Waals surface area contributed by atoms with Crippen LogP contribution < -0.4 is 10.9 Å². The van der Waals surface area contributed by atoms with E-state index in [1.54, 1.807) is 54.6 Å². The molecule has 0 radical (unpaired) electrons. The van der Waals surface area contributed by atoms with Crippen LogP contribution in [0.15, 0.2) is 111 Å². The Kier molecular flexibility index (Phi) is 5.61. The summed E-state index contributed by atoms with van der Waals surface area (Å²) < 4.78 is 12.4. The number of rotatable bonds is 4. The molecule has 1 amide bonds. The number of hydrogen-bond acceptors (Lipinski definition) is 5. The van der Waals surface area contributed by atoms with Crippen molar-refractivity contribution in [2.75, 3.05) is 5.32 Å². The molecule has 2 heterocycles. The van der Waals surface area contributed by atoms with Crippen LogP contribution in [0, 0.1) is 3.57 Å². The number of amides is 1. The van der Waals surface area contributed by atoms with Gasteiger partial charge < -0.3 is 14.2 Å². The first-order chi connectivity index (χ1) is 17.5. The minimum atomic E-state index is -0.452. The topological polar surface area (TPSA) is 85.3 Å². The Morgan fingerprint density at radius 3 is 2.50 bits per heavy atom. The first kappa shape index (κ1) is 22.2. The lowest BCUT2D eigenvalue weighted by molar-refractivity contribution is 0.102. The molecule has 6 aromatic rings. The number of hydrogen-bond donors (Lipinski definition) is 1. The molecule has 7 heteroatoms. The average molecular weight is 584 g/mol. The van der Waals surface area contributed by atoms with Crippen molar-refractivity contribution < 1.29 is 13.6 Å². The fourth-order valence-electron chi connectivity index (χ4n) is 4.04. The fraction of sp³-hybridized carbons (Fsp3) is 0. The first-order valence-electron chi connectivity index (χ1n) is 11.1. The van der Waals surface area contributed by atoms with E-state index < -0.39 is 5.63 Å². The molecular formula is C29H17IN2O4. The monoisotopic (exact) mass is 584 g/mol. The summed E-state index contributed by atoms with van der Waals surface area (Å²) >= 11 is 2.25. The van der Waals surface area contributed by atoms with Crippen LogP contribution in [0.25, 0.3) is 44.7 Å². The van der Waals surface area contributed by atoms with Gasteiger partial charge in [-0.25, -0.2) is 9.78 Å². The maximum Gasteiger partial charge on any atom is 0.344 e. The Bertz CT molecular complexity index is 1840. The summed E-state index contributed by atoms with van der Waals surface area (Å²) in [6, 6.07) is 29.2. The Morgan fingerprint density at radius 2 is 1.61 bits per heavy atom. The van der Waals surface area contributed by atoms with Crippen molar-refractivity contribution in [2.45, 2.75) is 0 Å². The number of carbonyl (C=O) groups excluding carboxylic acids is 1. The molecule has 0 saturated carbocycles. The van der Waals surface area contributed by atoms with Gasteiger partial charge >= 0.3 is 5.63 Å². The van der Waals surface area contributed by atoms with Gasteiger partial charge in [0, 0.05) is 25.8 Å². The number of carbonyl (C=O) groups is 1. The van der Waals surface area contributed by atoms with Crippen LogP contribution in [0.1, 0.15) is 10.4 Å². The minimum absolute atomic E-state index is 0.303. The highest BCUT2D eigenvalue weighted by Gasteiger charge is 2.13. The molecule has 1 N–H and O–H groups in total. The molecule has 0 saturated heterocycles. The molecular weight excluding hydrogens is 567 g/mol. The highest BCUT2D eigenvalue weighted by molar-refractivity contribution is 14.1. The standard InChI is InChI=1S/C29H17IN2O4/c30-21-9-4-8-20(14-21)28-32-24-16-22(11-12-26(24)35-28)31-27(33)19-7-3-6-17(13-19)23-15-18-5-1-2-10-25(18)36-29(23)34/h1-16H,(H,31,33). The van der Waals surface area contributed by atoms with E-state index in [0.29, 0.717) is 45.0 Å². The maximum absolute atomic E-state index is 13.0. The van der Waals surface area contributed by atoms with Gasteiger partial charge in [0.2, 0.25) is 5.89 Å². The normalized spacial score (nSPS) is 11.1. The number of aromatic nitrogens is 1. The summed E-state index contributed by atoms with van der Waals surface area (Å²) in [5, 5.41) is 3.72. The number of para-hydroxylation sites is 1. The Morgan fingerprint density at radius 1 is 0.778 bits per heavy atom. The van der Waals surface area contributed by atoms with Gasteiger partial charge in [0.15, 0.2) is 5.58 Å². The van der Waals surface area contributed by atoms with Crippen LogP contribution in [0.3, 0.4) is 0 Å². The summed E-state index contributed by atoms with van der Waals surface area (Å²) in [5.41, 5.74) is 4.24. The Hall–Kier alpha value is -4.24. The van der Waals surface area contributed by atoms with Gasteiger partial charge in [-0.05, 0) is 88.8 Å². The molecule has 0 aliphatic heterocycles. The van der Waals surface area contributed by atoms with E-state index in [4.69, 9.17) is 8.83 Å². The maximum atomic E-state index is 13.0. The zero-order valence-corrected chi connectivity index (χ0v) is 20.9. The molecule has 0 bridgehead atoms. The molecule has 4 aromatic carbocycles. The highest BCUT2D eigenvalue weighted by atomic mass is 127. The highest BCUT2D eigenvalue weighted by Crippen LogP contribution is 2.28. The average Bonchev–Trinajstić information content (AvgIpc) is 3.32. The van der Waals surface area contributed by atoms with E-state index in [-0.39, 0.29) is 5.91 Å². The second kappa shape index (κ2) is 9.09. The van der Waals surface area contributed by atoms with Crippen molar-refractivity contribution >= 4 is 56.3 Å². The van der Waals surface area contributed by atoms with Gasteiger partial charge in [-0.3, -0.25) is 4.79 Å². The quantitative estimate of drug-likeness (QED) is 0.176. The number of anilines is 1. The van der Waals surface area contributed by atoms with Crippen molar-refractivity contribution in [3.05, 3.63) is 117 Å². The lowest BCUT2D eigenvalue weighted by atomic mass is 10.0. The number of nitrogens with zero attached hydrogens (tertiary/aromatic N) is 1. The predicted molar refractivity (Wildman–Crippen MR) is 148 cm³/mol. The molecule has 2 aromatic heterocycles. The molecule has 6 nitrogen and oxygen atoms in total. The zero-order chi connectivity index (χ0) is 24.6. The summed E-state index contributed by atoms with van der Waals surface area (Å²) in [6.07, 6.45) is 0. The lowest BCUT2D eigenvalue weighted by Crippen LogP contribution is -2.12. The molecule has 0 spiro atoms. The summed E-state index contributed by atoms with van der Waals surface area (Å²) in [6.45, 7) is 0. The van der Waals surface area contributed by atoms with Crippen molar-refractivity contribution in [2.24, 2.45) is 0 Å². The minimum Gasteiger partial charge on any atom is -0.436 e. The van der Waals surface area contributed by atoms with E-state index >= 15 is 0 Å². The zero-order valence-electron chi connectivity index (χ0n) is 18.7. The van der Waals surface area contributed by atoms with Gasteiger partial charge in [0.25, 0.3) is 5.91 Å². The lowest BCUT2D eigenvalue weighted by Gasteiger charge is -2.07. The van der Waals surface area contributed by atoms with E-state index in [1.165, 1.54) is 0 Å². The second-order valence-corrected chi connectivity index (χ2v) is 9.48. The fourth-order valence-corrected chi connectivity index (χ4v) is 4.59. The van der Waals surface area contributed by atoms with Gasteiger partial charge in [-0.15, -0.1) is 0 Å². The summed E-state index contributed by atoms with van der Waals surface area (Å²) in [4.78, 5) is 30.2. The third-order valence-electron chi connectivity index (χ3n) is 5.79. The van der Waals surface area contributed by atoms with E-state index in [9.17, 15) is 9.59 Å². The van der Waals surface area contributed by atoms with Crippen LogP contribution in [0.2, 0.25) is 0 Å². The summed E-state index contributed by atoms with van der Waals surface area (Å²) in [5.74, 6) is 0.219. The van der Waals surface area contributed by atoms with Crippen LogP contribution in [0.4, 0.5) is 5.69 Å². The summed E-state index contributed by atoms with van der Waals surface area (Å²) in [7, 11) is 0. The SMILES string of the molecule is O=C(Nc1ccc2oc(-c3cccc(I)c3)nc2c1)c1cccc(-c2cc3ccccc3oc2=O)c1. The number of nitrogens with one attached hydrogen (secondary N) is 1. The van der Waals surface area contributed by atoms with Crippen molar-refractivity contribution in [3.63, 3.8) is 0 Å². The molecule has 0 fully saturated rings. The second-order valence-electron chi connectivity index (χ2n) is 8.23. The third kappa shape index (κ3) is 4.29. The van der Waals surface area contributed by atoms with E-state index in [2.05, 4.69) is 32.9 Å². The van der Waals surface area contributed by atoms with Gasteiger partial charge in [0.05, 0.1) is 5.56 Å². The molecule has 6 rings (SSSR count). The molecule has 0 aliphatic carbocycles. The number of halogens is 1. The molecule has 36 heavy (non-hydrogen) atoms. The van der Waals surface area contributed by atoms with Crippen LogP contribution in [0.5, 0.6) is 0 Å². The van der Waals surface area contributed by atoms with Gasteiger partial charge in [-0.2, -0.15) is 0 Å². The Balaban J connectivity index is 1.28. The smallest absolute Gasteiger partial charge is 0.344 e. The van der Waals surface area contributed by atoms with Crippen molar-refractivity contribution in [3.8, 4) is 22.6 Å². The Labute approximate surface area is 218 Å². The number of fused-ring (bicyclic) bond motifs is 2. The van der Waals surface area contributed by atoms with Gasteiger partial charge in [-0.1, -0.05) is 36.4 Å². The van der Waals surface area contributed by atoms with E-state index in [1.807, 2.05) is 42.5 Å². The van der Waals surface area contributed by atoms with Crippen molar-refractivity contribution in [1.29, 1.82) is 0 Å². The van der Waals surface area contributed by atoms with Crippen molar-refractivity contribution in [1.82, 2.24) is 4.98 Å². The number of benzene rings is 4.